The van der Waals surface area contributed by atoms with Crippen molar-refractivity contribution in [3.63, 3.8) is 0 Å². The number of rotatable bonds is 5. The Morgan fingerprint density at radius 2 is 1.18 bits per heavy atom. The molecule has 0 aliphatic rings. The fourth-order valence-corrected chi connectivity index (χ4v) is 5.15. The van der Waals surface area contributed by atoms with Crippen LogP contribution in [-0.4, -0.2) is 15.0 Å². The first kappa shape index (κ1) is 19.6. The van der Waals surface area contributed by atoms with E-state index < -0.39 is 0 Å². The molecule has 4 aromatic carbocycles. The van der Waals surface area contributed by atoms with Gasteiger partial charge in [0, 0.05) is 68.8 Å². The van der Waals surface area contributed by atoms with Gasteiger partial charge in [0.15, 0.2) is 0 Å². The summed E-state index contributed by atoms with van der Waals surface area (Å²) in [5.41, 5.74) is 5.60. The highest BCUT2D eigenvalue weighted by Gasteiger charge is 2.13. The molecule has 6 rings (SSSR count). The zero-order valence-electron chi connectivity index (χ0n) is 18.6. The number of hydrogen-bond acceptors (Lipinski definition) is 1. The van der Waals surface area contributed by atoms with E-state index in [1.807, 2.05) is 6.07 Å². The smallest absolute Gasteiger partial charge is 0.226 e. The summed E-state index contributed by atoms with van der Waals surface area (Å²) in [6.07, 6.45) is 0.414. The van der Waals surface area contributed by atoms with E-state index in [4.69, 9.17) is 0 Å². The van der Waals surface area contributed by atoms with Crippen LogP contribution >= 0.6 is 0 Å². The Balaban J connectivity index is 1.28. The summed E-state index contributed by atoms with van der Waals surface area (Å²) < 4.78 is 4.57. The quantitative estimate of drug-likeness (QED) is 0.315. The zero-order valence-corrected chi connectivity index (χ0v) is 18.6. The second-order valence-electron chi connectivity index (χ2n) is 8.48. The molecule has 1 amide bonds. The molecule has 0 bridgehead atoms. The highest BCUT2D eigenvalue weighted by atomic mass is 16.1. The first-order chi connectivity index (χ1) is 16.2. The van der Waals surface area contributed by atoms with Gasteiger partial charge in [-0.15, -0.1) is 0 Å². The molecule has 0 saturated heterocycles. The van der Waals surface area contributed by atoms with Crippen LogP contribution in [0.25, 0.3) is 43.6 Å². The normalized spacial score (nSPS) is 11.7. The van der Waals surface area contributed by atoms with E-state index in [1.54, 1.807) is 0 Å². The molecule has 0 spiro atoms. The number of amides is 1. The molecular weight excluding hydrogens is 406 g/mol. The van der Waals surface area contributed by atoms with E-state index >= 15 is 0 Å². The SMILES string of the molecule is CCn1c2ccccc2c2cc(NC(=O)CCn3c4ccccc4c4ccccc43)ccc21. The first-order valence-electron chi connectivity index (χ1n) is 11.5. The third-order valence-electron chi connectivity index (χ3n) is 6.61. The Hall–Kier alpha value is -4.05. The fraction of sp³-hybridized carbons (Fsp3) is 0.138. The number of aryl methyl sites for hydroxylation is 2. The van der Waals surface area contributed by atoms with Crippen molar-refractivity contribution in [3.8, 4) is 0 Å². The minimum atomic E-state index is 0.0236. The van der Waals surface area contributed by atoms with Crippen LogP contribution in [-0.2, 0) is 17.9 Å². The molecule has 0 unspecified atom stereocenters. The molecule has 0 radical (unpaired) electrons. The second-order valence-corrected chi connectivity index (χ2v) is 8.48. The number of benzene rings is 4. The zero-order chi connectivity index (χ0) is 22.4. The summed E-state index contributed by atoms with van der Waals surface area (Å²) in [7, 11) is 0. The number of fused-ring (bicyclic) bond motifs is 6. The van der Waals surface area contributed by atoms with Gasteiger partial charge in [0.05, 0.1) is 0 Å². The Kier molecular flexibility index (Phi) is 4.65. The van der Waals surface area contributed by atoms with Crippen molar-refractivity contribution in [1.29, 1.82) is 0 Å². The molecule has 4 heteroatoms. The number of nitrogens with one attached hydrogen (secondary N) is 1. The average Bonchev–Trinajstić information content (AvgIpc) is 3.35. The predicted octanol–water partition coefficient (Wildman–Crippen LogP) is 6.95. The van der Waals surface area contributed by atoms with E-state index in [-0.39, 0.29) is 5.91 Å². The van der Waals surface area contributed by atoms with Crippen molar-refractivity contribution >= 4 is 55.2 Å². The highest BCUT2D eigenvalue weighted by molar-refractivity contribution is 6.10. The molecule has 0 saturated carbocycles. The van der Waals surface area contributed by atoms with Crippen LogP contribution in [0.2, 0.25) is 0 Å². The van der Waals surface area contributed by atoms with Crippen molar-refractivity contribution in [1.82, 2.24) is 9.13 Å². The maximum atomic E-state index is 12.9. The monoisotopic (exact) mass is 431 g/mol. The fourth-order valence-electron chi connectivity index (χ4n) is 5.15. The van der Waals surface area contributed by atoms with Gasteiger partial charge in [-0.25, -0.2) is 0 Å². The van der Waals surface area contributed by atoms with Crippen LogP contribution in [0.5, 0.6) is 0 Å². The van der Waals surface area contributed by atoms with Crippen molar-refractivity contribution < 1.29 is 4.79 Å². The molecule has 0 fully saturated rings. The van der Waals surface area contributed by atoms with Crippen LogP contribution in [0.15, 0.2) is 91.0 Å². The maximum absolute atomic E-state index is 12.9. The average molecular weight is 432 g/mol. The first-order valence-corrected chi connectivity index (χ1v) is 11.5. The summed E-state index contributed by atoms with van der Waals surface area (Å²) in [6, 6.07) is 31.5. The summed E-state index contributed by atoms with van der Waals surface area (Å²) in [4.78, 5) is 12.9. The number of nitrogens with zero attached hydrogens (tertiary/aromatic N) is 2. The van der Waals surface area contributed by atoms with E-state index in [1.165, 1.54) is 43.6 Å². The summed E-state index contributed by atoms with van der Waals surface area (Å²) in [5, 5.41) is 7.97. The molecule has 0 aliphatic heterocycles. The van der Waals surface area contributed by atoms with E-state index in [9.17, 15) is 4.79 Å². The molecule has 1 N–H and O–H groups in total. The molecule has 0 aliphatic carbocycles. The highest BCUT2D eigenvalue weighted by Crippen LogP contribution is 2.31. The van der Waals surface area contributed by atoms with Gasteiger partial charge in [-0.1, -0.05) is 54.6 Å². The maximum Gasteiger partial charge on any atom is 0.226 e. The number of carbonyl (C=O) groups excluding carboxylic acids is 1. The van der Waals surface area contributed by atoms with Gasteiger partial charge in [-0.05, 0) is 43.3 Å². The largest absolute Gasteiger partial charge is 0.341 e. The lowest BCUT2D eigenvalue weighted by atomic mass is 10.1. The number of carbonyl (C=O) groups is 1. The minimum Gasteiger partial charge on any atom is -0.341 e. The number of hydrogen-bond donors (Lipinski definition) is 1. The van der Waals surface area contributed by atoms with Crippen LogP contribution in [0.3, 0.4) is 0 Å². The van der Waals surface area contributed by atoms with Crippen molar-refractivity contribution in [2.75, 3.05) is 5.32 Å². The molecule has 33 heavy (non-hydrogen) atoms. The lowest BCUT2D eigenvalue weighted by Crippen LogP contribution is -2.14. The van der Waals surface area contributed by atoms with Crippen molar-refractivity contribution in [2.24, 2.45) is 0 Å². The molecule has 2 aromatic heterocycles. The Morgan fingerprint density at radius 3 is 1.79 bits per heavy atom. The van der Waals surface area contributed by atoms with Crippen LogP contribution < -0.4 is 5.32 Å². The van der Waals surface area contributed by atoms with Crippen molar-refractivity contribution in [3.05, 3.63) is 91.0 Å². The predicted molar refractivity (Wildman–Crippen MR) is 138 cm³/mol. The van der Waals surface area contributed by atoms with Gasteiger partial charge >= 0.3 is 0 Å². The topological polar surface area (TPSA) is 39.0 Å². The minimum absolute atomic E-state index is 0.0236. The molecule has 4 nitrogen and oxygen atoms in total. The van der Waals surface area contributed by atoms with Crippen LogP contribution in [0, 0.1) is 0 Å². The van der Waals surface area contributed by atoms with Crippen molar-refractivity contribution in [2.45, 2.75) is 26.4 Å². The Labute approximate surface area is 192 Å². The molecular formula is C29H25N3O. The number of aromatic nitrogens is 2. The third-order valence-corrected chi connectivity index (χ3v) is 6.61. The Morgan fingerprint density at radius 1 is 0.667 bits per heavy atom. The van der Waals surface area contributed by atoms with E-state index in [2.05, 4.69) is 106 Å². The van der Waals surface area contributed by atoms with Gasteiger partial charge in [0.2, 0.25) is 5.91 Å². The lowest BCUT2D eigenvalue weighted by Gasteiger charge is -2.09. The Bertz CT molecular complexity index is 1600. The van der Waals surface area contributed by atoms with Crippen LogP contribution in [0.4, 0.5) is 5.69 Å². The molecule has 162 valence electrons. The van der Waals surface area contributed by atoms with Gasteiger partial charge < -0.3 is 14.5 Å². The van der Waals surface area contributed by atoms with E-state index in [0.717, 1.165) is 12.2 Å². The van der Waals surface area contributed by atoms with Gasteiger partial charge in [-0.3, -0.25) is 4.79 Å². The second kappa shape index (κ2) is 7.82. The number of para-hydroxylation sites is 3. The summed E-state index contributed by atoms with van der Waals surface area (Å²) >= 11 is 0. The number of anilines is 1. The van der Waals surface area contributed by atoms with Gasteiger partial charge in [0.1, 0.15) is 0 Å². The van der Waals surface area contributed by atoms with Crippen LogP contribution in [0.1, 0.15) is 13.3 Å². The molecule has 6 aromatic rings. The summed E-state index contributed by atoms with van der Waals surface area (Å²) in [6.45, 7) is 3.71. The van der Waals surface area contributed by atoms with Gasteiger partial charge in [0.25, 0.3) is 0 Å². The van der Waals surface area contributed by atoms with E-state index in [0.29, 0.717) is 13.0 Å². The molecule has 0 atom stereocenters. The standard InChI is InChI=1S/C29H25N3O/c1-2-31-25-12-6-5-11-23(25)24-19-20(15-16-28(24)31)30-29(33)17-18-32-26-13-7-3-9-21(26)22-10-4-8-14-27(22)32/h3-16,19H,2,17-18H2,1H3,(H,30,33). The third kappa shape index (κ3) is 3.18. The molecule has 2 heterocycles. The lowest BCUT2D eigenvalue weighted by molar-refractivity contribution is -0.116. The van der Waals surface area contributed by atoms with Gasteiger partial charge in [-0.2, -0.15) is 0 Å². The summed E-state index contributed by atoms with van der Waals surface area (Å²) in [5.74, 6) is 0.0236.